The third-order valence-corrected chi connectivity index (χ3v) is 6.46. The molecule has 0 radical (unpaired) electrons. The second-order valence-electron chi connectivity index (χ2n) is 8.94. The Hall–Kier alpha value is -2.43. The second kappa shape index (κ2) is 8.52. The molecule has 0 N–H and O–H groups in total. The molecule has 5 nitrogen and oxygen atoms in total. The van der Waals surface area contributed by atoms with Crippen LogP contribution in [0.2, 0.25) is 0 Å². The normalized spacial score (nSPS) is 18.9. The lowest BCUT2D eigenvalue weighted by molar-refractivity contribution is 0.0697. The van der Waals surface area contributed by atoms with Crippen LogP contribution >= 0.6 is 0 Å². The van der Waals surface area contributed by atoms with Gasteiger partial charge in [0.05, 0.1) is 0 Å². The second-order valence-corrected chi connectivity index (χ2v) is 8.94. The number of likely N-dealkylation sites (tertiary alicyclic amines) is 1. The van der Waals surface area contributed by atoms with Crippen LogP contribution in [0.25, 0.3) is 11.4 Å². The molecule has 0 spiro atoms. The summed E-state index contributed by atoms with van der Waals surface area (Å²) in [4.78, 5) is 27.1. The minimum atomic E-state index is 0.0842. The molecule has 1 amide bonds. The van der Waals surface area contributed by atoms with Gasteiger partial charge in [-0.05, 0) is 44.4 Å². The van der Waals surface area contributed by atoms with Gasteiger partial charge in [-0.2, -0.15) is 0 Å². The third kappa shape index (κ3) is 4.44. The Morgan fingerprint density at radius 3 is 2.14 bits per heavy atom. The third-order valence-electron chi connectivity index (χ3n) is 6.46. The lowest BCUT2D eigenvalue weighted by Crippen LogP contribution is -2.40. The molecular weight excluding hydrogens is 360 g/mol. The molecule has 2 saturated heterocycles. The standard InChI is InChI=1S/C24H32N4O/c1-17-4-6-20(7-5-17)22-25-16-21(24(29)28-14-10-19(3)11-15-28)23(26-22)27-12-8-18(2)9-13-27/h4-7,16,18-19H,8-15H2,1-3H3. The summed E-state index contributed by atoms with van der Waals surface area (Å²) in [5, 5.41) is 0. The Labute approximate surface area is 174 Å². The maximum atomic E-state index is 13.3. The summed E-state index contributed by atoms with van der Waals surface area (Å²) in [5.74, 6) is 3.02. The summed E-state index contributed by atoms with van der Waals surface area (Å²) in [6, 6.07) is 8.27. The van der Waals surface area contributed by atoms with E-state index < -0.39 is 0 Å². The number of hydrogen-bond acceptors (Lipinski definition) is 4. The summed E-state index contributed by atoms with van der Waals surface area (Å²) in [6.07, 6.45) is 6.18. The van der Waals surface area contributed by atoms with Gasteiger partial charge in [0.1, 0.15) is 11.4 Å². The highest BCUT2D eigenvalue weighted by Gasteiger charge is 2.28. The highest BCUT2D eigenvalue weighted by atomic mass is 16.2. The highest BCUT2D eigenvalue weighted by molar-refractivity contribution is 5.99. The molecular formula is C24H32N4O. The van der Waals surface area contributed by atoms with E-state index in [0.29, 0.717) is 17.3 Å². The number of nitrogens with zero attached hydrogens (tertiary/aromatic N) is 4. The van der Waals surface area contributed by atoms with Crippen LogP contribution in [0, 0.1) is 18.8 Å². The van der Waals surface area contributed by atoms with E-state index in [1.54, 1.807) is 6.20 Å². The van der Waals surface area contributed by atoms with Crippen LogP contribution in [0.4, 0.5) is 5.82 Å². The number of rotatable bonds is 3. The Bertz CT molecular complexity index is 848. The van der Waals surface area contributed by atoms with Crippen LogP contribution in [0.3, 0.4) is 0 Å². The maximum absolute atomic E-state index is 13.3. The summed E-state index contributed by atoms with van der Waals surface area (Å²) in [6.45, 7) is 10.2. The molecule has 2 aromatic rings. The number of amides is 1. The van der Waals surface area contributed by atoms with E-state index in [0.717, 1.165) is 69.2 Å². The quantitative estimate of drug-likeness (QED) is 0.768. The highest BCUT2D eigenvalue weighted by Crippen LogP contribution is 2.29. The van der Waals surface area contributed by atoms with Crippen molar-refractivity contribution >= 4 is 11.7 Å². The molecule has 0 saturated carbocycles. The van der Waals surface area contributed by atoms with Gasteiger partial charge >= 0.3 is 0 Å². The zero-order valence-corrected chi connectivity index (χ0v) is 17.9. The van der Waals surface area contributed by atoms with Gasteiger partial charge in [0, 0.05) is 37.9 Å². The number of anilines is 1. The monoisotopic (exact) mass is 392 g/mol. The SMILES string of the molecule is Cc1ccc(-c2ncc(C(=O)N3CCC(C)CC3)c(N3CCC(C)CC3)n2)cc1. The lowest BCUT2D eigenvalue weighted by Gasteiger charge is -2.34. The van der Waals surface area contributed by atoms with E-state index in [4.69, 9.17) is 4.98 Å². The fourth-order valence-electron chi connectivity index (χ4n) is 4.21. The molecule has 2 fully saturated rings. The molecule has 1 aromatic heterocycles. The van der Waals surface area contributed by atoms with Gasteiger partial charge < -0.3 is 9.80 Å². The number of carbonyl (C=O) groups excluding carboxylic acids is 1. The average Bonchev–Trinajstić information content (AvgIpc) is 2.74. The summed E-state index contributed by atoms with van der Waals surface area (Å²) >= 11 is 0. The summed E-state index contributed by atoms with van der Waals surface area (Å²) < 4.78 is 0. The van der Waals surface area contributed by atoms with Crippen LogP contribution in [-0.4, -0.2) is 47.0 Å². The van der Waals surface area contributed by atoms with Gasteiger partial charge in [0.25, 0.3) is 5.91 Å². The minimum absolute atomic E-state index is 0.0842. The van der Waals surface area contributed by atoms with E-state index in [2.05, 4.69) is 54.9 Å². The number of hydrogen-bond donors (Lipinski definition) is 0. The van der Waals surface area contributed by atoms with Crippen molar-refractivity contribution in [2.45, 2.75) is 46.5 Å². The molecule has 2 aliphatic heterocycles. The van der Waals surface area contributed by atoms with Crippen molar-refractivity contribution in [1.29, 1.82) is 0 Å². The van der Waals surface area contributed by atoms with E-state index in [1.165, 1.54) is 5.56 Å². The number of piperidine rings is 2. The average molecular weight is 393 g/mol. The molecule has 0 unspecified atom stereocenters. The summed E-state index contributed by atoms with van der Waals surface area (Å²) in [7, 11) is 0. The van der Waals surface area contributed by atoms with Crippen LogP contribution in [-0.2, 0) is 0 Å². The predicted molar refractivity (Wildman–Crippen MR) is 117 cm³/mol. The van der Waals surface area contributed by atoms with Crippen LogP contribution in [0.5, 0.6) is 0 Å². The molecule has 0 atom stereocenters. The Kier molecular flexibility index (Phi) is 5.84. The molecule has 0 aliphatic carbocycles. The molecule has 1 aromatic carbocycles. The van der Waals surface area contributed by atoms with Crippen molar-refractivity contribution in [3.05, 3.63) is 41.6 Å². The molecule has 154 valence electrons. The first-order valence-corrected chi connectivity index (χ1v) is 11.0. The van der Waals surface area contributed by atoms with Gasteiger partial charge in [-0.25, -0.2) is 9.97 Å². The summed E-state index contributed by atoms with van der Waals surface area (Å²) in [5.41, 5.74) is 2.86. The molecule has 0 bridgehead atoms. The van der Waals surface area contributed by atoms with Crippen molar-refractivity contribution in [3.8, 4) is 11.4 Å². The van der Waals surface area contributed by atoms with E-state index in [1.807, 2.05) is 4.90 Å². The van der Waals surface area contributed by atoms with Crippen LogP contribution in [0.1, 0.15) is 55.5 Å². The van der Waals surface area contributed by atoms with E-state index in [-0.39, 0.29) is 5.91 Å². The van der Waals surface area contributed by atoms with Crippen molar-refractivity contribution in [1.82, 2.24) is 14.9 Å². The largest absolute Gasteiger partial charge is 0.356 e. The van der Waals surface area contributed by atoms with E-state index in [9.17, 15) is 4.79 Å². The van der Waals surface area contributed by atoms with Gasteiger partial charge in [0.15, 0.2) is 5.82 Å². The minimum Gasteiger partial charge on any atom is -0.356 e. The zero-order valence-electron chi connectivity index (χ0n) is 17.9. The smallest absolute Gasteiger partial charge is 0.259 e. The molecule has 4 rings (SSSR count). The van der Waals surface area contributed by atoms with E-state index >= 15 is 0 Å². The molecule has 2 aliphatic rings. The number of aryl methyl sites for hydroxylation is 1. The first-order chi connectivity index (χ1) is 14.0. The fraction of sp³-hybridized carbons (Fsp3) is 0.542. The molecule has 5 heteroatoms. The van der Waals surface area contributed by atoms with Crippen molar-refractivity contribution < 1.29 is 4.79 Å². The van der Waals surface area contributed by atoms with Crippen LogP contribution < -0.4 is 4.90 Å². The predicted octanol–water partition coefficient (Wildman–Crippen LogP) is 4.56. The van der Waals surface area contributed by atoms with Gasteiger partial charge in [0.2, 0.25) is 0 Å². The zero-order chi connectivity index (χ0) is 20.4. The van der Waals surface area contributed by atoms with Crippen molar-refractivity contribution in [2.24, 2.45) is 11.8 Å². The number of carbonyl (C=O) groups is 1. The Morgan fingerprint density at radius 1 is 0.931 bits per heavy atom. The lowest BCUT2D eigenvalue weighted by atomic mass is 9.98. The van der Waals surface area contributed by atoms with Gasteiger partial charge in [-0.1, -0.05) is 43.7 Å². The first-order valence-electron chi connectivity index (χ1n) is 11.0. The van der Waals surface area contributed by atoms with Gasteiger partial charge in [-0.15, -0.1) is 0 Å². The molecule has 3 heterocycles. The van der Waals surface area contributed by atoms with Crippen molar-refractivity contribution in [3.63, 3.8) is 0 Å². The maximum Gasteiger partial charge on any atom is 0.259 e. The van der Waals surface area contributed by atoms with Crippen LogP contribution in [0.15, 0.2) is 30.5 Å². The Morgan fingerprint density at radius 2 is 1.52 bits per heavy atom. The fourth-order valence-corrected chi connectivity index (χ4v) is 4.21. The topological polar surface area (TPSA) is 49.3 Å². The number of aromatic nitrogens is 2. The first kappa shape index (κ1) is 19.9. The molecule has 29 heavy (non-hydrogen) atoms. The van der Waals surface area contributed by atoms with Gasteiger partial charge in [-0.3, -0.25) is 4.79 Å². The number of benzene rings is 1. The Balaban J connectivity index is 1.67. The van der Waals surface area contributed by atoms with Crippen molar-refractivity contribution in [2.75, 3.05) is 31.1 Å².